The summed E-state index contributed by atoms with van der Waals surface area (Å²) in [5.41, 5.74) is -3.17. The van der Waals surface area contributed by atoms with Crippen LogP contribution in [0.1, 0.15) is 11.1 Å². The van der Waals surface area contributed by atoms with Gasteiger partial charge in [-0.2, -0.15) is 52.7 Å². The molecule has 292 valence electrons. The Bertz CT molecular complexity index is 2200. The highest BCUT2D eigenvalue weighted by molar-refractivity contribution is 9.10. The number of allylic oxidation sites excluding steroid dienone is 4. The molecule has 0 saturated heterocycles. The molecule has 0 saturated carbocycles. The van der Waals surface area contributed by atoms with Gasteiger partial charge in [-0.3, -0.25) is 0 Å². The molecule has 6 aromatic heterocycles. The van der Waals surface area contributed by atoms with E-state index in [2.05, 4.69) is 44.9 Å². The van der Waals surface area contributed by atoms with Crippen LogP contribution in [0.25, 0.3) is 40.4 Å². The van der Waals surface area contributed by atoms with Crippen molar-refractivity contribution in [3.05, 3.63) is 114 Å². The maximum Gasteiger partial charge on any atom is 0.385 e. The molecule has 0 aliphatic heterocycles. The van der Waals surface area contributed by atoms with Crippen molar-refractivity contribution < 1.29 is 61.5 Å². The molecular formula is C34H15BrF14S6. The first-order valence-corrected chi connectivity index (χ1v) is 20.8. The maximum atomic E-state index is 15.1. The van der Waals surface area contributed by atoms with Gasteiger partial charge in [0.2, 0.25) is 11.7 Å². The average Bonchev–Trinajstić information content (AvgIpc) is 3.97. The van der Waals surface area contributed by atoms with E-state index in [1.165, 1.54) is 59.8 Å². The fourth-order valence-electron chi connectivity index (χ4n) is 5.27. The van der Waals surface area contributed by atoms with Crippen LogP contribution in [0.15, 0.2) is 103 Å². The first-order chi connectivity index (χ1) is 25.6. The van der Waals surface area contributed by atoms with Gasteiger partial charge in [0, 0.05) is 41.4 Å². The average molecular weight is 962 g/mol. The first kappa shape index (κ1) is 41.8. The van der Waals surface area contributed by atoms with Crippen LogP contribution in [-0.2, 0) is 0 Å². The van der Waals surface area contributed by atoms with Crippen molar-refractivity contribution in [1.29, 1.82) is 0 Å². The first-order valence-electron chi connectivity index (χ1n) is 14.7. The fraction of sp³-hybridized carbons (Fsp3) is 0.176. The number of hydrogen-bond donors (Lipinski definition) is 0. The summed E-state index contributed by atoms with van der Waals surface area (Å²) in [5.74, 6) is -40.1. The third kappa shape index (κ3) is 6.67. The Morgan fingerprint density at radius 3 is 1.00 bits per heavy atom. The van der Waals surface area contributed by atoms with Gasteiger partial charge in [0.05, 0.1) is 14.6 Å². The maximum absolute atomic E-state index is 15.1. The van der Waals surface area contributed by atoms with E-state index >= 15 is 17.6 Å². The molecule has 0 radical (unpaired) electrons. The van der Waals surface area contributed by atoms with E-state index in [4.69, 9.17) is 0 Å². The number of alkyl halides is 12. The molecule has 0 bridgehead atoms. The molecule has 0 spiro atoms. The van der Waals surface area contributed by atoms with Gasteiger partial charge in [-0.1, -0.05) is 18.2 Å². The molecule has 2 aliphatic carbocycles. The zero-order valence-corrected chi connectivity index (χ0v) is 32.8. The molecule has 8 rings (SSSR count). The molecule has 6 aromatic rings. The molecule has 55 heavy (non-hydrogen) atoms. The molecule has 0 fully saturated rings. The van der Waals surface area contributed by atoms with Crippen LogP contribution in [-0.4, -0.2) is 35.5 Å². The minimum atomic E-state index is -6.06. The van der Waals surface area contributed by atoms with Gasteiger partial charge in [0.1, 0.15) is 0 Å². The lowest BCUT2D eigenvalue weighted by molar-refractivity contribution is -0.271. The van der Waals surface area contributed by atoms with Gasteiger partial charge in [-0.15, -0.1) is 68.0 Å². The highest BCUT2D eigenvalue weighted by atomic mass is 79.9. The van der Waals surface area contributed by atoms with Gasteiger partial charge in [0.15, 0.2) is 0 Å². The van der Waals surface area contributed by atoms with Gasteiger partial charge in [-0.05, 0) is 84.6 Å². The molecule has 21 heteroatoms. The lowest BCUT2D eigenvalue weighted by Crippen LogP contribution is -2.48. The van der Waals surface area contributed by atoms with Crippen molar-refractivity contribution in [2.75, 3.05) is 0 Å². The number of hydrogen-bond acceptors (Lipinski definition) is 6. The minimum Gasteiger partial charge on any atom is -0.202 e. The predicted molar refractivity (Wildman–Crippen MR) is 196 cm³/mol. The van der Waals surface area contributed by atoms with E-state index in [1.54, 1.807) is 57.7 Å². The zero-order valence-electron chi connectivity index (χ0n) is 26.3. The van der Waals surface area contributed by atoms with Gasteiger partial charge >= 0.3 is 35.5 Å². The van der Waals surface area contributed by atoms with Crippen molar-refractivity contribution in [2.45, 2.75) is 35.5 Å². The van der Waals surface area contributed by atoms with E-state index in [0.29, 0.717) is 9.75 Å². The van der Waals surface area contributed by atoms with Crippen molar-refractivity contribution >= 4 is 95.1 Å². The second-order valence-electron chi connectivity index (χ2n) is 11.2. The summed E-state index contributed by atoms with van der Waals surface area (Å²) in [6, 6.07) is 15.4. The molecule has 6 heterocycles. The van der Waals surface area contributed by atoms with Crippen molar-refractivity contribution in [2.24, 2.45) is 0 Å². The fourth-order valence-corrected chi connectivity index (χ4v) is 11.4. The number of rotatable bonds is 5. The molecule has 0 amide bonds. The second-order valence-corrected chi connectivity index (χ2v) is 17.6. The van der Waals surface area contributed by atoms with Crippen molar-refractivity contribution in [1.82, 2.24) is 0 Å². The van der Waals surface area contributed by atoms with Crippen molar-refractivity contribution in [3.8, 4) is 29.3 Å². The summed E-state index contributed by atoms with van der Waals surface area (Å²) in [4.78, 5) is 4.31. The van der Waals surface area contributed by atoms with Crippen LogP contribution >= 0.6 is 84.0 Å². The van der Waals surface area contributed by atoms with Crippen molar-refractivity contribution in [3.63, 3.8) is 0 Å². The van der Waals surface area contributed by atoms with Crippen LogP contribution in [0.5, 0.6) is 0 Å². The molecule has 0 nitrogen and oxygen atoms in total. The molecule has 2 aliphatic rings. The van der Waals surface area contributed by atoms with Crippen LogP contribution < -0.4 is 0 Å². The van der Waals surface area contributed by atoms with E-state index in [9.17, 15) is 43.9 Å². The molecular weight excluding hydrogens is 947 g/mol. The van der Waals surface area contributed by atoms with Gasteiger partial charge in [-0.25, -0.2) is 8.78 Å². The summed E-state index contributed by atoms with van der Waals surface area (Å²) in [7, 11) is 0. The molecule has 0 aromatic carbocycles. The quantitative estimate of drug-likeness (QED) is 0.151. The normalized spacial score (nSPS) is 19.9. The van der Waals surface area contributed by atoms with E-state index in [0.717, 1.165) is 22.7 Å². The highest BCUT2D eigenvalue weighted by Gasteiger charge is 2.82. The minimum absolute atomic E-state index is 0.267. The molecule has 0 N–H and O–H groups in total. The summed E-state index contributed by atoms with van der Waals surface area (Å²) in [6.45, 7) is 0. The Labute approximate surface area is 333 Å². The van der Waals surface area contributed by atoms with E-state index in [-0.39, 0.29) is 20.9 Å². The smallest absolute Gasteiger partial charge is 0.202 e. The highest BCUT2D eigenvalue weighted by Crippen LogP contribution is 2.67. The summed E-state index contributed by atoms with van der Waals surface area (Å²) < 4.78 is 186. The Morgan fingerprint density at radius 1 is 0.382 bits per heavy atom. The largest absolute Gasteiger partial charge is 0.385 e. The predicted octanol–water partition coefficient (Wildman–Crippen LogP) is 16.4. The third-order valence-electron chi connectivity index (χ3n) is 7.92. The molecule has 0 unspecified atom stereocenters. The lowest BCUT2D eigenvalue weighted by atomic mass is 9.95. The Morgan fingerprint density at radius 2 is 0.709 bits per heavy atom. The monoisotopic (exact) mass is 960 g/mol. The SMILES string of the molecule is Brc1ccsc1-c1cccs1.FC1(F)C(c2ccsc2-c2cccs2)=C(c2ccsc2-c2cccs2)C(F)(F)C1(F)F.FC1=C(F)C(F)(F)C(F)(F)C1(F)F. The number of halogens is 15. The standard InChI is InChI=1S/C21H10F6S4.C8H5BrS2.C5F8/c22-19(23)15(11-5-9-30-17(11)13-3-1-7-28-13)16(20(24,25)21(19,26)27)12-6-10-31-18(12)14-4-2-8-29-14;9-6-3-5-11-8(6)7-2-1-4-10-7;6-1-2(7)4(10,11)5(12,13)3(1,8)9/h1-10H;1-5H;. The van der Waals surface area contributed by atoms with Crippen LogP contribution in [0.4, 0.5) is 61.5 Å². The lowest BCUT2D eigenvalue weighted by Gasteiger charge is -2.25. The Hall–Kier alpha value is -2.82. The van der Waals surface area contributed by atoms with Gasteiger partial charge < -0.3 is 0 Å². The van der Waals surface area contributed by atoms with E-state index < -0.39 is 58.3 Å². The van der Waals surface area contributed by atoms with Crippen LogP contribution in [0.3, 0.4) is 0 Å². The van der Waals surface area contributed by atoms with Gasteiger partial charge in [0.25, 0.3) is 0 Å². The van der Waals surface area contributed by atoms with Crippen LogP contribution in [0, 0.1) is 0 Å². The number of thiophene rings is 6. The summed E-state index contributed by atoms with van der Waals surface area (Å²) >= 11 is 11.6. The summed E-state index contributed by atoms with van der Waals surface area (Å²) in [6.07, 6.45) is 0. The zero-order chi connectivity index (χ0) is 40.4. The summed E-state index contributed by atoms with van der Waals surface area (Å²) in [5, 5.41) is 10.5. The third-order valence-corrected chi connectivity index (χ3v) is 14.7. The topological polar surface area (TPSA) is 0 Å². The van der Waals surface area contributed by atoms with E-state index in [1.807, 2.05) is 0 Å². The van der Waals surface area contributed by atoms with Crippen LogP contribution in [0.2, 0.25) is 0 Å². The molecule has 0 atom stereocenters. The second kappa shape index (κ2) is 14.8. The Kier molecular flexibility index (Phi) is 11.3. The Balaban J connectivity index is 0.000000175.